The number of anilines is 1. The fourth-order valence-electron chi connectivity index (χ4n) is 1.21. The third-order valence-corrected chi connectivity index (χ3v) is 2.32. The summed E-state index contributed by atoms with van der Waals surface area (Å²) in [4.78, 5) is 8.17. The Kier molecular flexibility index (Phi) is 2.45. The Balaban J connectivity index is 2.55. The van der Waals surface area contributed by atoms with Crippen LogP contribution in [0.15, 0.2) is 41.1 Å². The number of aromatic nitrogens is 2. The van der Waals surface area contributed by atoms with E-state index in [-0.39, 0.29) is 0 Å². The molecule has 2 aromatic rings. The van der Waals surface area contributed by atoms with Crippen LogP contribution < -0.4 is 5.73 Å². The third-order valence-electron chi connectivity index (χ3n) is 1.82. The van der Waals surface area contributed by atoms with Crippen molar-refractivity contribution in [3.63, 3.8) is 0 Å². The van der Waals surface area contributed by atoms with E-state index in [4.69, 9.17) is 5.73 Å². The largest absolute Gasteiger partial charge is 0.382 e. The van der Waals surface area contributed by atoms with Crippen LogP contribution in [0.4, 0.5) is 5.82 Å². The van der Waals surface area contributed by atoms with Gasteiger partial charge in [0.25, 0.3) is 0 Å². The van der Waals surface area contributed by atoms with Crippen molar-refractivity contribution in [2.75, 3.05) is 5.73 Å². The molecule has 2 N–H and O–H groups in total. The van der Waals surface area contributed by atoms with Crippen LogP contribution in [0.2, 0.25) is 0 Å². The van der Waals surface area contributed by atoms with Crippen LogP contribution in [0.25, 0.3) is 11.3 Å². The van der Waals surface area contributed by atoms with Gasteiger partial charge in [0.1, 0.15) is 11.5 Å². The van der Waals surface area contributed by atoms with Gasteiger partial charge in [-0.2, -0.15) is 0 Å². The van der Waals surface area contributed by atoms with Gasteiger partial charge in [-0.15, -0.1) is 0 Å². The molecule has 0 atom stereocenters. The monoisotopic (exact) mass is 249 g/mol. The topological polar surface area (TPSA) is 51.8 Å². The molecule has 0 aliphatic heterocycles. The van der Waals surface area contributed by atoms with Crippen molar-refractivity contribution >= 4 is 21.7 Å². The van der Waals surface area contributed by atoms with Gasteiger partial charge >= 0.3 is 0 Å². The van der Waals surface area contributed by atoms with E-state index in [1.54, 1.807) is 12.4 Å². The average Bonchev–Trinajstić information content (AvgIpc) is 2.18. The fraction of sp³-hybridized carbons (Fsp3) is 0. The van der Waals surface area contributed by atoms with Crippen molar-refractivity contribution in [1.82, 2.24) is 9.97 Å². The van der Waals surface area contributed by atoms with Crippen LogP contribution >= 0.6 is 15.9 Å². The molecule has 0 fully saturated rings. The highest BCUT2D eigenvalue weighted by molar-refractivity contribution is 9.10. The molecular weight excluding hydrogens is 242 g/mol. The maximum atomic E-state index is 5.71. The second kappa shape index (κ2) is 3.75. The Labute approximate surface area is 90.1 Å². The minimum absolute atomic E-state index is 0.450. The molecule has 0 amide bonds. The quantitative estimate of drug-likeness (QED) is 0.845. The lowest BCUT2D eigenvalue weighted by molar-refractivity contribution is 1.21. The second-order valence-electron chi connectivity index (χ2n) is 2.80. The molecule has 3 nitrogen and oxygen atoms in total. The number of nitrogens with two attached hydrogens (primary N) is 1. The first-order chi connectivity index (χ1) is 6.77. The van der Waals surface area contributed by atoms with Crippen LogP contribution in [-0.2, 0) is 0 Å². The third kappa shape index (κ3) is 1.75. The Morgan fingerprint density at radius 1 is 1.14 bits per heavy atom. The SMILES string of the molecule is Nc1nccnc1-c1cccc(Br)c1. The smallest absolute Gasteiger partial charge is 0.149 e. The van der Waals surface area contributed by atoms with Crippen molar-refractivity contribution in [2.45, 2.75) is 0 Å². The molecule has 0 radical (unpaired) electrons. The zero-order valence-corrected chi connectivity index (χ0v) is 8.90. The Hall–Kier alpha value is -1.42. The molecular formula is C10H8BrN3. The second-order valence-corrected chi connectivity index (χ2v) is 3.72. The zero-order valence-electron chi connectivity index (χ0n) is 7.31. The summed E-state index contributed by atoms with van der Waals surface area (Å²) in [5, 5.41) is 0. The first-order valence-electron chi connectivity index (χ1n) is 4.10. The molecule has 0 unspecified atom stereocenters. The summed E-state index contributed by atoms with van der Waals surface area (Å²) < 4.78 is 1.00. The maximum absolute atomic E-state index is 5.71. The Morgan fingerprint density at radius 3 is 2.64 bits per heavy atom. The minimum Gasteiger partial charge on any atom is -0.382 e. The summed E-state index contributed by atoms with van der Waals surface area (Å²) in [6, 6.07) is 7.80. The van der Waals surface area contributed by atoms with E-state index in [1.165, 1.54) is 0 Å². The van der Waals surface area contributed by atoms with Crippen LogP contribution in [0, 0.1) is 0 Å². The number of hydrogen-bond acceptors (Lipinski definition) is 3. The van der Waals surface area contributed by atoms with Crippen LogP contribution in [0.5, 0.6) is 0 Å². The van der Waals surface area contributed by atoms with Crippen LogP contribution in [-0.4, -0.2) is 9.97 Å². The predicted octanol–water partition coefficient (Wildman–Crippen LogP) is 2.49. The Morgan fingerprint density at radius 2 is 1.93 bits per heavy atom. The van der Waals surface area contributed by atoms with Gasteiger partial charge in [-0.05, 0) is 12.1 Å². The van der Waals surface area contributed by atoms with Crippen molar-refractivity contribution in [3.05, 3.63) is 41.1 Å². The summed E-state index contributed by atoms with van der Waals surface area (Å²) in [5.41, 5.74) is 7.39. The average molecular weight is 250 g/mol. The number of benzene rings is 1. The molecule has 1 heterocycles. The molecule has 0 bridgehead atoms. The highest BCUT2D eigenvalue weighted by atomic mass is 79.9. The van der Waals surface area contributed by atoms with E-state index in [0.717, 1.165) is 10.0 Å². The molecule has 2 rings (SSSR count). The van der Waals surface area contributed by atoms with Crippen molar-refractivity contribution in [3.8, 4) is 11.3 Å². The normalized spacial score (nSPS) is 10.1. The number of rotatable bonds is 1. The van der Waals surface area contributed by atoms with Crippen LogP contribution in [0.3, 0.4) is 0 Å². The molecule has 0 saturated heterocycles. The first-order valence-corrected chi connectivity index (χ1v) is 4.89. The van der Waals surface area contributed by atoms with Gasteiger partial charge in [0.15, 0.2) is 0 Å². The van der Waals surface area contributed by atoms with Gasteiger partial charge in [-0.1, -0.05) is 28.1 Å². The summed E-state index contributed by atoms with van der Waals surface area (Å²) in [5.74, 6) is 0.450. The van der Waals surface area contributed by atoms with Gasteiger partial charge < -0.3 is 5.73 Å². The minimum atomic E-state index is 0.450. The van der Waals surface area contributed by atoms with E-state index in [0.29, 0.717) is 11.5 Å². The van der Waals surface area contributed by atoms with E-state index >= 15 is 0 Å². The van der Waals surface area contributed by atoms with Gasteiger partial charge in [0.05, 0.1) is 0 Å². The lowest BCUT2D eigenvalue weighted by Gasteiger charge is -2.02. The highest BCUT2D eigenvalue weighted by Crippen LogP contribution is 2.23. The fourth-order valence-corrected chi connectivity index (χ4v) is 1.61. The lowest BCUT2D eigenvalue weighted by atomic mass is 10.1. The van der Waals surface area contributed by atoms with Crippen molar-refractivity contribution < 1.29 is 0 Å². The number of hydrogen-bond donors (Lipinski definition) is 1. The number of nitrogen functional groups attached to an aromatic ring is 1. The van der Waals surface area contributed by atoms with E-state index < -0.39 is 0 Å². The summed E-state index contributed by atoms with van der Waals surface area (Å²) in [6.07, 6.45) is 3.21. The van der Waals surface area contributed by atoms with Gasteiger partial charge in [0, 0.05) is 22.4 Å². The van der Waals surface area contributed by atoms with Gasteiger partial charge in [-0.3, -0.25) is 4.98 Å². The molecule has 0 aliphatic rings. The summed E-state index contributed by atoms with van der Waals surface area (Å²) in [6.45, 7) is 0. The lowest BCUT2D eigenvalue weighted by Crippen LogP contribution is -1.95. The molecule has 0 aliphatic carbocycles. The molecule has 0 saturated carbocycles. The molecule has 4 heteroatoms. The van der Waals surface area contributed by atoms with Crippen LogP contribution in [0.1, 0.15) is 0 Å². The number of nitrogens with zero attached hydrogens (tertiary/aromatic N) is 2. The zero-order chi connectivity index (χ0) is 9.97. The maximum Gasteiger partial charge on any atom is 0.149 e. The molecule has 0 spiro atoms. The van der Waals surface area contributed by atoms with Gasteiger partial charge in [-0.25, -0.2) is 4.98 Å². The molecule has 1 aromatic heterocycles. The standard InChI is InChI=1S/C10H8BrN3/c11-8-3-1-2-7(6-8)9-10(12)14-5-4-13-9/h1-6H,(H2,12,14). The molecule has 1 aromatic carbocycles. The number of halogens is 1. The summed E-state index contributed by atoms with van der Waals surface area (Å²) >= 11 is 3.39. The Bertz CT molecular complexity index is 457. The predicted molar refractivity (Wildman–Crippen MR) is 59.6 cm³/mol. The van der Waals surface area contributed by atoms with Crippen molar-refractivity contribution in [2.24, 2.45) is 0 Å². The molecule has 14 heavy (non-hydrogen) atoms. The summed E-state index contributed by atoms with van der Waals surface area (Å²) in [7, 11) is 0. The van der Waals surface area contributed by atoms with E-state index in [1.807, 2.05) is 24.3 Å². The first kappa shape index (κ1) is 9.15. The van der Waals surface area contributed by atoms with Gasteiger partial charge in [0.2, 0.25) is 0 Å². The van der Waals surface area contributed by atoms with Crippen molar-refractivity contribution in [1.29, 1.82) is 0 Å². The molecule has 70 valence electrons. The highest BCUT2D eigenvalue weighted by Gasteiger charge is 2.03. The van der Waals surface area contributed by atoms with E-state index in [2.05, 4.69) is 25.9 Å². The van der Waals surface area contributed by atoms with E-state index in [9.17, 15) is 0 Å².